The van der Waals surface area contributed by atoms with Crippen molar-refractivity contribution in [2.75, 3.05) is 19.0 Å². The van der Waals surface area contributed by atoms with Crippen LogP contribution in [0.4, 0.5) is 0 Å². The fourth-order valence-electron chi connectivity index (χ4n) is 1.43. The van der Waals surface area contributed by atoms with E-state index in [1.807, 2.05) is 0 Å². The summed E-state index contributed by atoms with van der Waals surface area (Å²) < 4.78 is 11.4. The average Bonchev–Trinajstić information content (AvgIpc) is 2.14. The third-order valence-electron chi connectivity index (χ3n) is 2.18. The van der Waals surface area contributed by atoms with Crippen LogP contribution < -0.4 is 0 Å². The molecule has 0 aliphatic carbocycles. The van der Waals surface area contributed by atoms with Crippen LogP contribution in [0.1, 0.15) is 19.8 Å². The Balaban J connectivity index is 2.12. The molecule has 0 atom stereocenters. The fourth-order valence-corrected chi connectivity index (χ4v) is 4.61. The average molecular weight is 234 g/mol. The molecule has 1 heterocycles. The standard InChI is InChI=1S/C9H18O3SSi/c1-9(10)13-7-4-8-14(2)11-5-3-6-12-14/h3-8H2,1-2H3. The maximum absolute atomic E-state index is 10.7. The topological polar surface area (TPSA) is 35.5 Å². The zero-order chi connectivity index (χ0) is 10.4. The lowest BCUT2D eigenvalue weighted by molar-refractivity contribution is -0.109. The number of thioether (sulfide) groups is 1. The first-order valence-corrected chi connectivity index (χ1v) is 8.55. The molecule has 0 radical (unpaired) electrons. The highest BCUT2D eigenvalue weighted by Gasteiger charge is 2.33. The fraction of sp³-hybridized carbons (Fsp3) is 0.889. The summed E-state index contributed by atoms with van der Waals surface area (Å²) in [4.78, 5) is 10.7. The Labute approximate surface area is 90.8 Å². The lowest BCUT2D eigenvalue weighted by Crippen LogP contribution is -2.42. The molecular formula is C9H18O3SSi. The second kappa shape index (κ2) is 5.90. The largest absolute Gasteiger partial charge is 0.394 e. The van der Waals surface area contributed by atoms with E-state index in [1.165, 1.54) is 11.8 Å². The Hall–Kier alpha value is 0.157. The predicted octanol–water partition coefficient (Wildman–Crippen LogP) is 2.17. The monoisotopic (exact) mass is 234 g/mol. The number of carbonyl (C=O) groups excluding carboxylic acids is 1. The van der Waals surface area contributed by atoms with Gasteiger partial charge < -0.3 is 8.85 Å². The molecule has 5 heteroatoms. The lowest BCUT2D eigenvalue weighted by Gasteiger charge is -2.31. The van der Waals surface area contributed by atoms with Crippen molar-refractivity contribution in [3.8, 4) is 0 Å². The zero-order valence-corrected chi connectivity index (χ0v) is 10.7. The molecule has 0 aromatic heterocycles. The molecule has 82 valence electrons. The van der Waals surface area contributed by atoms with Crippen molar-refractivity contribution in [2.24, 2.45) is 0 Å². The quantitative estimate of drug-likeness (QED) is 0.551. The molecule has 1 saturated heterocycles. The second-order valence-corrected chi connectivity index (χ2v) is 8.24. The predicted molar refractivity (Wildman–Crippen MR) is 60.7 cm³/mol. The van der Waals surface area contributed by atoms with E-state index in [0.29, 0.717) is 0 Å². The highest BCUT2D eigenvalue weighted by molar-refractivity contribution is 8.13. The van der Waals surface area contributed by atoms with E-state index in [4.69, 9.17) is 8.85 Å². The van der Waals surface area contributed by atoms with Crippen molar-refractivity contribution < 1.29 is 13.6 Å². The summed E-state index contributed by atoms with van der Waals surface area (Å²) in [5, 5.41) is 0.197. The molecule has 14 heavy (non-hydrogen) atoms. The van der Waals surface area contributed by atoms with Gasteiger partial charge in [-0.3, -0.25) is 4.79 Å². The molecule has 0 saturated carbocycles. The van der Waals surface area contributed by atoms with Crippen LogP contribution in [0.2, 0.25) is 12.6 Å². The van der Waals surface area contributed by atoms with Crippen molar-refractivity contribution in [3.05, 3.63) is 0 Å². The summed E-state index contributed by atoms with van der Waals surface area (Å²) in [5.41, 5.74) is 0. The highest BCUT2D eigenvalue weighted by atomic mass is 32.2. The molecule has 1 aliphatic rings. The van der Waals surface area contributed by atoms with E-state index in [9.17, 15) is 4.79 Å². The Morgan fingerprint density at radius 2 is 2.07 bits per heavy atom. The third-order valence-corrected chi connectivity index (χ3v) is 5.97. The Morgan fingerprint density at radius 1 is 1.43 bits per heavy atom. The van der Waals surface area contributed by atoms with Crippen LogP contribution in [-0.2, 0) is 13.6 Å². The normalized spacial score (nSPS) is 20.7. The van der Waals surface area contributed by atoms with Gasteiger partial charge in [-0.1, -0.05) is 11.8 Å². The van der Waals surface area contributed by atoms with Crippen LogP contribution in [0, 0.1) is 0 Å². The summed E-state index contributed by atoms with van der Waals surface area (Å²) in [6.07, 6.45) is 2.04. The maximum atomic E-state index is 10.7. The van der Waals surface area contributed by atoms with Gasteiger partial charge in [-0.05, 0) is 25.4 Å². The van der Waals surface area contributed by atoms with E-state index in [1.54, 1.807) is 6.92 Å². The molecule has 1 aliphatic heterocycles. The van der Waals surface area contributed by atoms with Gasteiger partial charge in [0.2, 0.25) is 0 Å². The molecule has 0 N–H and O–H groups in total. The van der Waals surface area contributed by atoms with E-state index in [0.717, 1.165) is 37.9 Å². The zero-order valence-electron chi connectivity index (χ0n) is 8.88. The minimum atomic E-state index is -1.83. The van der Waals surface area contributed by atoms with Gasteiger partial charge in [-0.25, -0.2) is 0 Å². The SMILES string of the molecule is CC(=O)SCCC[Si]1(C)OCCCO1. The third kappa shape index (κ3) is 4.59. The van der Waals surface area contributed by atoms with Crippen LogP contribution in [0.15, 0.2) is 0 Å². The van der Waals surface area contributed by atoms with Crippen LogP contribution >= 0.6 is 11.8 Å². The van der Waals surface area contributed by atoms with E-state index < -0.39 is 8.56 Å². The number of rotatable bonds is 4. The van der Waals surface area contributed by atoms with Crippen LogP contribution in [0.3, 0.4) is 0 Å². The molecule has 0 bridgehead atoms. The van der Waals surface area contributed by atoms with Crippen molar-refractivity contribution in [1.29, 1.82) is 0 Å². The molecule has 0 spiro atoms. The van der Waals surface area contributed by atoms with Gasteiger partial charge in [0.15, 0.2) is 5.12 Å². The molecule has 0 unspecified atom stereocenters. The Morgan fingerprint density at radius 3 is 2.64 bits per heavy atom. The molecular weight excluding hydrogens is 216 g/mol. The van der Waals surface area contributed by atoms with Crippen molar-refractivity contribution in [2.45, 2.75) is 32.4 Å². The van der Waals surface area contributed by atoms with Crippen molar-refractivity contribution in [1.82, 2.24) is 0 Å². The number of carbonyl (C=O) groups is 1. The molecule has 3 nitrogen and oxygen atoms in total. The lowest BCUT2D eigenvalue weighted by atomic mass is 10.5. The molecule has 1 fully saturated rings. The minimum absolute atomic E-state index is 0.197. The first-order valence-electron chi connectivity index (χ1n) is 5.04. The van der Waals surface area contributed by atoms with Gasteiger partial charge in [0.1, 0.15) is 0 Å². The number of hydrogen-bond donors (Lipinski definition) is 0. The Bertz CT molecular complexity index is 192. The van der Waals surface area contributed by atoms with Gasteiger partial charge in [0.05, 0.1) is 0 Å². The molecule has 0 aromatic carbocycles. The summed E-state index contributed by atoms with van der Waals surface area (Å²) in [6, 6.07) is 1.01. The summed E-state index contributed by atoms with van der Waals surface area (Å²) in [6.45, 7) is 5.42. The smallest absolute Gasteiger partial charge is 0.334 e. The number of hydrogen-bond acceptors (Lipinski definition) is 4. The summed E-state index contributed by atoms with van der Waals surface area (Å²) >= 11 is 1.39. The Kier molecular flexibility index (Phi) is 5.15. The van der Waals surface area contributed by atoms with Crippen LogP contribution in [0.5, 0.6) is 0 Å². The highest BCUT2D eigenvalue weighted by Crippen LogP contribution is 2.21. The van der Waals surface area contributed by atoms with Crippen LogP contribution in [-0.4, -0.2) is 32.6 Å². The van der Waals surface area contributed by atoms with Gasteiger partial charge >= 0.3 is 8.56 Å². The molecule has 1 rings (SSSR count). The van der Waals surface area contributed by atoms with Gasteiger partial charge in [0.25, 0.3) is 0 Å². The molecule has 0 amide bonds. The minimum Gasteiger partial charge on any atom is -0.394 e. The first-order chi connectivity index (χ1) is 6.62. The van der Waals surface area contributed by atoms with Crippen molar-refractivity contribution >= 4 is 25.4 Å². The van der Waals surface area contributed by atoms with E-state index in [-0.39, 0.29) is 5.12 Å². The van der Waals surface area contributed by atoms with Crippen LogP contribution in [0.25, 0.3) is 0 Å². The van der Waals surface area contributed by atoms with Gasteiger partial charge in [-0.15, -0.1) is 0 Å². The van der Waals surface area contributed by atoms with E-state index in [2.05, 4.69) is 6.55 Å². The summed E-state index contributed by atoms with van der Waals surface area (Å²) in [5.74, 6) is 0.893. The van der Waals surface area contributed by atoms with Crippen molar-refractivity contribution in [3.63, 3.8) is 0 Å². The summed E-state index contributed by atoms with van der Waals surface area (Å²) in [7, 11) is -1.83. The van der Waals surface area contributed by atoms with Gasteiger partial charge in [0, 0.05) is 25.9 Å². The van der Waals surface area contributed by atoms with E-state index >= 15 is 0 Å². The second-order valence-electron chi connectivity index (χ2n) is 3.63. The maximum Gasteiger partial charge on any atom is 0.334 e. The molecule has 0 aromatic rings. The first kappa shape index (κ1) is 12.2. The van der Waals surface area contributed by atoms with Gasteiger partial charge in [-0.2, -0.15) is 0 Å².